The van der Waals surface area contributed by atoms with Gasteiger partial charge >= 0.3 is 0 Å². The van der Waals surface area contributed by atoms with Crippen molar-refractivity contribution in [1.29, 1.82) is 0 Å². The lowest BCUT2D eigenvalue weighted by Crippen LogP contribution is -2.29. The van der Waals surface area contributed by atoms with E-state index in [1.54, 1.807) is 11.7 Å². The van der Waals surface area contributed by atoms with Gasteiger partial charge in [-0.25, -0.2) is 4.98 Å². The number of rotatable bonds is 3. The van der Waals surface area contributed by atoms with Crippen LogP contribution in [0.25, 0.3) is 0 Å². The maximum absolute atomic E-state index is 12.2. The largest absolute Gasteiger partial charge is 0.382 e. The molecule has 0 aliphatic carbocycles. The Labute approximate surface area is 147 Å². The highest BCUT2D eigenvalue weighted by molar-refractivity contribution is 5.58. The molecule has 25 heavy (non-hydrogen) atoms. The molecule has 1 atom stereocenters. The maximum atomic E-state index is 12.2. The highest BCUT2D eigenvalue weighted by Crippen LogP contribution is 2.33. The van der Waals surface area contributed by atoms with Gasteiger partial charge in [0, 0.05) is 26.3 Å². The number of azo groups is 1. The molecule has 0 spiro atoms. The first-order valence-corrected chi connectivity index (χ1v) is 8.50. The summed E-state index contributed by atoms with van der Waals surface area (Å²) in [5.41, 5.74) is 8.45. The van der Waals surface area contributed by atoms with E-state index in [-0.39, 0.29) is 5.56 Å². The van der Waals surface area contributed by atoms with Crippen molar-refractivity contribution >= 4 is 17.2 Å². The van der Waals surface area contributed by atoms with Crippen molar-refractivity contribution in [1.82, 2.24) is 19.2 Å². The zero-order valence-electron chi connectivity index (χ0n) is 15.2. The summed E-state index contributed by atoms with van der Waals surface area (Å²) in [6.45, 7) is 2.91. The average Bonchev–Trinajstić information content (AvgIpc) is 2.79. The Morgan fingerprint density at radius 3 is 2.60 bits per heavy atom. The quantitative estimate of drug-likeness (QED) is 0.867. The second-order valence-electron chi connectivity index (χ2n) is 6.65. The molecule has 1 unspecified atom stereocenters. The van der Waals surface area contributed by atoms with E-state index < -0.39 is 0 Å². The molecule has 2 aromatic heterocycles. The van der Waals surface area contributed by atoms with Gasteiger partial charge in [-0.2, -0.15) is 0 Å². The SMILES string of the molecule is Cc1c(N=Nc2cc(C3CCCCN3C)cnc2N)c(=O)n(C)n1C. The van der Waals surface area contributed by atoms with Crippen LogP contribution in [0.4, 0.5) is 17.2 Å². The molecule has 8 nitrogen and oxygen atoms in total. The normalized spacial score (nSPS) is 19.0. The molecular weight excluding hydrogens is 318 g/mol. The van der Waals surface area contributed by atoms with Crippen LogP contribution in [0.2, 0.25) is 0 Å². The molecule has 1 aliphatic heterocycles. The number of nitrogens with two attached hydrogens (primary N) is 1. The van der Waals surface area contributed by atoms with Crippen LogP contribution in [0.3, 0.4) is 0 Å². The van der Waals surface area contributed by atoms with E-state index >= 15 is 0 Å². The average molecular weight is 343 g/mol. The number of hydrogen-bond donors (Lipinski definition) is 1. The van der Waals surface area contributed by atoms with Gasteiger partial charge in [0.15, 0.2) is 11.5 Å². The molecular formula is C17H25N7O. The molecule has 1 fully saturated rings. The van der Waals surface area contributed by atoms with Crippen molar-refractivity contribution < 1.29 is 0 Å². The van der Waals surface area contributed by atoms with Crippen LogP contribution >= 0.6 is 0 Å². The number of pyridine rings is 1. The lowest BCUT2D eigenvalue weighted by Gasteiger charge is -2.32. The minimum absolute atomic E-state index is 0.182. The predicted molar refractivity (Wildman–Crippen MR) is 97.4 cm³/mol. The number of aromatic nitrogens is 3. The standard InChI is InChI=1S/C17H25N7O/c1-11-15(17(25)24(4)23(11)3)21-20-13-9-12(10-19-16(13)18)14-7-5-6-8-22(14)2/h9-10,14H,5-8H2,1-4H3,(H2,18,19). The van der Waals surface area contributed by atoms with Crippen molar-refractivity contribution in [3.05, 3.63) is 33.9 Å². The molecule has 0 radical (unpaired) electrons. The smallest absolute Gasteiger partial charge is 0.294 e. The van der Waals surface area contributed by atoms with Gasteiger partial charge < -0.3 is 5.73 Å². The minimum Gasteiger partial charge on any atom is -0.382 e. The van der Waals surface area contributed by atoms with Gasteiger partial charge in [-0.15, -0.1) is 10.2 Å². The van der Waals surface area contributed by atoms with Crippen LogP contribution in [0, 0.1) is 6.92 Å². The molecule has 8 heteroatoms. The van der Waals surface area contributed by atoms with Crippen molar-refractivity contribution in [3.8, 4) is 0 Å². The lowest BCUT2D eigenvalue weighted by atomic mass is 9.97. The molecule has 134 valence electrons. The molecule has 0 saturated carbocycles. The van der Waals surface area contributed by atoms with Crippen LogP contribution < -0.4 is 11.3 Å². The highest BCUT2D eigenvalue weighted by atomic mass is 16.1. The summed E-state index contributed by atoms with van der Waals surface area (Å²) >= 11 is 0. The van der Waals surface area contributed by atoms with Crippen LogP contribution in [-0.2, 0) is 14.1 Å². The fraction of sp³-hybridized carbons (Fsp3) is 0.529. The van der Waals surface area contributed by atoms with E-state index in [1.165, 1.54) is 17.5 Å². The van der Waals surface area contributed by atoms with Gasteiger partial charge in [0.2, 0.25) is 0 Å². The van der Waals surface area contributed by atoms with E-state index in [1.807, 2.05) is 26.2 Å². The third kappa shape index (κ3) is 3.21. The van der Waals surface area contributed by atoms with Gasteiger partial charge in [-0.3, -0.25) is 19.1 Å². The summed E-state index contributed by atoms with van der Waals surface area (Å²) < 4.78 is 3.24. The van der Waals surface area contributed by atoms with Gasteiger partial charge in [-0.05, 0) is 45.0 Å². The Hall–Kier alpha value is -2.48. The molecule has 1 saturated heterocycles. The summed E-state index contributed by atoms with van der Waals surface area (Å²) in [5, 5.41) is 8.39. The number of piperidine rings is 1. The second-order valence-corrected chi connectivity index (χ2v) is 6.65. The van der Waals surface area contributed by atoms with Crippen molar-refractivity contribution in [2.24, 2.45) is 24.3 Å². The van der Waals surface area contributed by atoms with Crippen LogP contribution in [0.15, 0.2) is 27.3 Å². The first-order valence-electron chi connectivity index (χ1n) is 8.50. The summed E-state index contributed by atoms with van der Waals surface area (Å²) in [4.78, 5) is 18.8. The van der Waals surface area contributed by atoms with Crippen molar-refractivity contribution in [3.63, 3.8) is 0 Å². The van der Waals surface area contributed by atoms with Gasteiger partial charge in [0.1, 0.15) is 5.69 Å². The molecule has 2 N–H and O–H groups in total. The Kier molecular flexibility index (Phi) is 4.71. The number of hydrogen-bond acceptors (Lipinski definition) is 6. The Balaban J connectivity index is 1.94. The van der Waals surface area contributed by atoms with E-state index in [2.05, 4.69) is 27.2 Å². The second kappa shape index (κ2) is 6.79. The third-order valence-corrected chi connectivity index (χ3v) is 5.11. The monoisotopic (exact) mass is 343 g/mol. The van der Waals surface area contributed by atoms with Crippen LogP contribution in [0.5, 0.6) is 0 Å². The number of nitrogens with zero attached hydrogens (tertiary/aromatic N) is 6. The number of nitrogen functional groups attached to an aromatic ring is 1. The molecule has 3 rings (SSSR count). The molecule has 2 aromatic rings. The zero-order chi connectivity index (χ0) is 18.1. The van der Waals surface area contributed by atoms with E-state index in [0.717, 1.165) is 24.2 Å². The summed E-state index contributed by atoms with van der Waals surface area (Å²) in [5.74, 6) is 0.316. The topological polar surface area (TPSA) is 93.8 Å². The third-order valence-electron chi connectivity index (χ3n) is 5.11. The lowest BCUT2D eigenvalue weighted by molar-refractivity contribution is 0.187. The Bertz CT molecular complexity index is 865. The number of likely N-dealkylation sites (tertiary alicyclic amines) is 1. The molecule has 3 heterocycles. The van der Waals surface area contributed by atoms with Gasteiger partial charge in [-0.1, -0.05) is 6.42 Å². The van der Waals surface area contributed by atoms with Crippen LogP contribution in [0.1, 0.15) is 36.6 Å². The summed E-state index contributed by atoms with van der Waals surface area (Å²) in [6.07, 6.45) is 5.33. The minimum atomic E-state index is -0.182. The molecule has 1 aliphatic rings. The van der Waals surface area contributed by atoms with Gasteiger partial charge in [0.25, 0.3) is 5.56 Å². The summed E-state index contributed by atoms with van der Waals surface area (Å²) in [6, 6.07) is 2.25. The van der Waals surface area contributed by atoms with Crippen LogP contribution in [-0.4, -0.2) is 32.8 Å². The summed E-state index contributed by atoms with van der Waals surface area (Å²) in [7, 11) is 5.63. The fourth-order valence-corrected chi connectivity index (χ4v) is 3.28. The highest BCUT2D eigenvalue weighted by Gasteiger charge is 2.21. The Morgan fingerprint density at radius 2 is 1.96 bits per heavy atom. The zero-order valence-corrected chi connectivity index (χ0v) is 15.2. The van der Waals surface area contributed by atoms with Gasteiger partial charge in [0.05, 0.1) is 5.69 Å². The first kappa shape index (κ1) is 17.3. The molecule has 0 bridgehead atoms. The van der Waals surface area contributed by atoms with Crippen molar-refractivity contribution in [2.45, 2.75) is 32.2 Å². The fourth-order valence-electron chi connectivity index (χ4n) is 3.28. The van der Waals surface area contributed by atoms with E-state index in [0.29, 0.717) is 23.2 Å². The molecule has 0 aromatic carbocycles. The number of anilines is 1. The van der Waals surface area contributed by atoms with E-state index in [4.69, 9.17) is 5.73 Å². The Morgan fingerprint density at radius 1 is 1.20 bits per heavy atom. The van der Waals surface area contributed by atoms with Crippen molar-refractivity contribution in [2.75, 3.05) is 19.3 Å². The maximum Gasteiger partial charge on any atom is 0.294 e. The molecule has 0 amide bonds. The first-order chi connectivity index (χ1) is 11.9. The predicted octanol–water partition coefficient (Wildman–Crippen LogP) is 2.58. The van der Waals surface area contributed by atoms with E-state index in [9.17, 15) is 4.79 Å².